The molecule has 0 bridgehead atoms. The van der Waals surface area contributed by atoms with Gasteiger partial charge >= 0.3 is 0 Å². The molecule has 0 saturated heterocycles. The first-order valence-corrected chi connectivity index (χ1v) is 7.07. The van der Waals surface area contributed by atoms with Gasteiger partial charge in [-0.3, -0.25) is 4.79 Å². The third kappa shape index (κ3) is 3.28. The van der Waals surface area contributed by atoms with Gasteiger partial charge in [0.25, 0.3) is 5.91 Å². The molecule has 1 aromatic rings. The average molecular weight is 260 g/mol. The number of carbonyl (C=O) groups is 1. The average Bonchev–Trinajstić information content (AvgIpc) is 2.97. The summed E-state index contributed by atoms with van der Waals surface area (Å²) in [6.07, 6.45) is 1.21. The fourth-order valence-corrected chi connectivity index (χ4v) is 2.44. The number of hydrogen-bond donors (Lipinski definition) is 2. The second-order valence-electron chi connectivity index (χ2n) is 6.16. The molecule has 1 atom stereocenters. The Hall–Kier alpha value is -1.51. The lowest BCUT2D eigenvalue weighted by atomic mass is 10.1. The number of nitrogens with one attached hydrogen (secondary N) is 2. The summed E-state index contributed by atoms with van der Waals surface area (Å²) in [5, 5.41) is 6.32. The molecule has 0 radical (unpaired) electrons. The van der Waals surface area contributed by atoms with E-state index >= 15 is 0 Å². The van der Waals surface area contributed by atoms with E-state index in [0.29, 0.717) is 11.3 Å². The van der Waals surface area contributed by atoms with Crippen molar-refractivity contribution in [1.29, 1.82) is 0 Å². The summed E-state index contributed by atoms with van der Waals surface area (Å²) in [5.74, 6) is 0.674. The molecule has 0 heterocycles. The highest BCUT2D eigenvalue weighted by atomic mass is 16.1. The van der Waals surface area contributed by atoms with Crippen LogP contribution in [0.4, 0.5) is 5.69 Å². The molecule has 19 heavy (non-hydrogen) atoms. The molecule has 3 heteroatoms. The molecule has 0 aliphatic heterocycles. The molecule has 0 spiro atoms. The molecule has 104 valence electrons. The molecule has 2 N–H and O–H groups in total. The van der Waals surface area contributed by atoms with Gasteiger partial charge in [0.15, 0.2) is 0 Å². The predicted molar refractivity (Wildman–Crippen MR) is 79.6 cm³/mol. The van der Waals surface area contributed by atoms with Crippen molar-refractivity contribution in [3.05, 3.63) is 29.3 Å². The Kier molecular flexibility index (Phi) is 3.83. The number of amides is 1. The molecule has 1 saturated carbocycles. The molecule has 0 aromatic heterocycles. The Bertz CT molecular complexity index is 480. The van der Waals surface area contributed by atoms with Gasteiger partial charge in [-0.05, 0) is 55.4 Å². The van der Waals surface area contributed by atoms with Gasteiger partial charge in [-0.1, -0.05) is 13.8 Å². The minimum Gasteiger partial charge on any atom is -0.385 e. The summed E-state index contributed by atoms with van der Waals surface area (Å²) in [4.78, 5) is 12.1. The highest BCUT2D eigenvalue weighted by molar-refractivity contribution is 5.94. The van der Waals surface area contributed by atoms with Gasteiger partial charge in [-0.15, -0.1) is 0 Å². The Morgan fingerprint density at radius 1 is 1.42 bits per heavy atom. The minimum atomic E-state index is 0.0360. The standard InChI is InChI=1S/C16H24N2O/c1-5-17-14-7-6-12(8-11(14)2)15(19)18-10-13-9-16(13,3)4/h6-8,13,17H,5,9-10H2,1-4H3,(H,18,19). The fraction of sp³-hybridized carbons (Fsp3) is 0.562. The summed E-state index contributed by atoms with van der Waals surface area (Å²) in [5.41, 5.74) is 3.37. The van der Waals surface area contributed by atoms with E-state index in [2.05, 4.69) is 31.4 Å². The van der Waals surface area contributed by atoms with Crippen LogP contribution in [0.3, 0.4) is 0 Å². The first-order valence-electron chi connectivity index (χ1n) is 7.07. The van der Waals surface area contributed by atoms with Gasteiger partial charge in [0.2, 0.25) is 0 Å². The molecular weight excluding hydrogens is 236 g/mol. The number of anilines is 1. The highest BCUT2D eigenvalue weighted by Gasteiger charge is 2.45. The third-order valence-electron chi connectivity index (χ3n) is 4.08. The van der Waals surface area contributed by atoms with Crippen molar-refractivity contribution in [2.75, 3.05) is 18.4 Å². The smallest absolute Gasteiger partial charge is 0.251 e. The maximum Gasteiger partial charge on any atom is 0.251 e. The SMILES string of the molecule is CCNc1ccc(C(=O)NCC2CC2(C)C)cc1C. The van der Waals surface area contributed by atoms with Crippen molar-refractivity contribution in [1.82, 2.24) is 5.32 Å². The van der Waals surface area contributed by atoms with Crippen molar-refractivity contribution < 1.29 is 4.79 Å². The number of rotatable bonds is 5. The summed E-state index contributed by atoms with van der Waals surface area (Å²) < 4.78 is 0. The minimum absolute atomic E-state index is 0.0360. The van der Waals surface area contributed by atoms with Crippen LogP contribution in [0.1, 0.15) is 43.1 Å². The normalized spacial score (nSPS) is 19.9. The van der Waals surface area contributed by atoms with Crippen LogP contribution >= 0.6 is 0 Å². The van der Waals surface area contributed by atoms with E-state index in [1.54, 1.807) is 0 Å². The van der Waals surface area contributed by atoms with E-state index in [4.69, 9.17) is 0 Å². The van der Waals surface area contributed by atoms with Crippen molar-refractivity contribution in [3.63, 3.8) is 0 Å². The van der Waals surface area contributed by atoms with Crippen LogP contribution in [0.2, 0.25) is 0 Å². The lowest BCUT2D eigenvalue weighted by Crippen LogP contribution is -2.26. The Balaban J connectivity index is 1.94. The van der Waals surface area contributed by atoms with E-state index in [-0.39, 0.29) is 5.91 Å². The van der Waals surface area contributed by atoms with E-state index in [1.807, 2.05) is 25.1 Å². The number of aryl methyl sites for hydroxylation is 1. The van der Waals surface area contributed by atoms with Crippen molar-refractivity contribution >= 4 is 11.6 Å². The zero-order chi connectivity index (χ0) is 14.0. The molecule has 3 nitrogen and oxygen atoms in total. The topological polar surface area (TPSA) is 41.1 Å². The maximum atomic E-state index is 12.1. The van der Waals surface area contributed by atoms with Crippen LogP contribution in [0.25, 0.3) is 0 Å². The van der Waals surface area contributed by atoms with Crippen LogP contribution < -0.4 is 10.6 Å². The van der Waals surface area contributed by atoms with Gasteiger partial charge < -0.3 is 10.6 Å². The van der Waals surface area contributed by atoms with E-state index in [9.17, 15) is 4.79 Å². The third-order valence-corrected chi connectivity index (χ3v) is 4.08. The van der Waals surface area contributed by atoms with Crippen molar-refractivity contribution in [2.24, 2.45) is 11.3 Å². The van der Waals surface area contributed by atoms with Crippen molar-refractivity contribution in [2.45, 2.75) is 34.1 Å². The largest absolute Gasteiger partial charge is 0.385 e. The van der Waals surface area contributed by atoms with Crippen LogP contribution in [0.15, 0.2) is 18.2 Å². The van der Waals surface area contributed by atoms with Crippen LogP contribution in [0, 0.1) is 18.3 Å². The van der Waals surface area contributed by atoms with Crippen LogP contribution in [-0.4, -0.2) is 19.0 Å². The van der Waals surface area contributed by atoms with Crippen LogP contribution in [0.5, 0.6) is 0 Å². The number of benzene rings is 1. The highest BCUT2D eigenvalue weighted by Crippen LogP contribution is 2.50. The van der Waals surface area contributed by atoms with Crippen molar-refractivity contribution in [3.8, 4) is 0 Å². The predicted octanol–water partition coefficient (Wildman–Crippen LogP) is 3.20. The van der Waals surface area contributed by atoms with E-state index < -0.39 is 0 Å². The summed E-state index contributed by atoms with van der Waals surface area (Å²) in [6.45, 7) is 10.3. The Labute approximate surface area is 115 Å². The lowest BCUT2D eigenvalue weighted by Gasteiger charge is -2.10. The van der Waals surface area contributed by atoms with Gasteiger partial charge in [0.05, 0.1) is 0 Å². The molecule has 1 aliphatic rings. The summed E-state index contributed by atoms with van der Waals surface area (Å²) in [7, 11) is 0. The van der Waals surface area contributed by atoms with E-state index in [0.717, 1.165) is 29.9 Å². The van der Waals surface area contributed by atoms with Gasteiger partial charge in [-0.2, -0.15) is 0 Å². The molecule has 1 fully saturated rings. The van der Waals surface area contributed by atoms with Gasteiger partial charge in [0.1, 0.15) is 0 Å². The monoisotopic (exact) mass is 260 g/mol. The second-order valence-corrected chi connectivity index (χ2v) is 6.16. The number of hydrogen-bond acceptors (Lipinski definition) is 2. The molecule has 1 amide bonds. The van der Waals surface area contributed by atoms with E-state index in [1.165, 1.54) is 6.42 Å². The molecular formula is C16H24N2O. The summed E-state index contributed by atoms with van der Waals surface area (Å²) in [6, 6.07) is 5.82. The number of carbonyl (C=O) groups excluding carboxylic acids is 1. The Morgan fingerprint density at radius 3 is 2.63 bits per heavy atom. The Morgan fingerprint density at radius 2 is 2.11 bits per heavy atom. The summed E-state index contributed by atoms with van der Waals surface area (Å²) >= 11 is 0. The zero-order valence-electron chi connectivity index (χ0n) is 12.3. The molecule has 1 aliphatic carbocycles. The molecule has 1 aromatic carbocycles. The second kappa shape index (κ2) is 5.24. The first kappa shape index (κ1) is 13.9. The molecule has 2 rings (SSSR count). The lowest BCUT2D eigenvalue weighted by molar-refractivity contribution is 0.0950. The van der Waals surface area contributed by atoms with Gasteiger partial charge in [0, 0.05) is 24.3 Å². The van der Waals surface area contributed by atoms with Gasteiger partial charge in [-0.25, -0.2) is 0 Å². The first-order chi connectivity index (χ1) is 8.94. The quantitative estimate of drug-likeness (QED) is 0.853. The van der Waals surface area contributed by atoms with Crippen LogP contribution in [-0.2, 0) is 0 Å². The zero-order valence-corrected chi connectivity index (χ0v) is 12.3. The maximum absolute atomic E-state index is 12.1. The molecule has 1 unspecified atom stereocenters. The fourth-order valence-electron chi connectivity index (χ4n) is 2.44.